The van der Waals surface area contributed by atoms with Crippen LogP contribution in [0.25, 0.3) is 0 Å². The Bertz CT molecular complexity index is 318. The average Bonchev–Trinajstić information content (AvgIpc) is 2.34. The van der Waals surface area contributed by atoms with Crippen LogP contribution < -0.4 is 14.8 Å². The Kier molecular flexibility index (Phi) is 6.04. The predicted octanol–water partition coefficient (Wildman–Crippen LogP) is 2.42. The number of methoxy groups -OCH3 is 2. The summed E-state index contributed by atoms with van der Waals surface area (Å²) in [6.45, 7) is 1.70. The minimum absolute atomic E-state index is 0.687. The number of hydrogen-bond donors (Lipinski definition) is 1. The molecule has 0 atom stereocenters. The van der Waals surface area contributed by atoms with Crippen LogP contribution in [0.15, 0.2) is 18.2 Å². The zero-order valence-electron chi connectivity index (χ0n) is 9.75. The number of alkyl halides is 1. The second-order valence-corrected chi connectivity index (χ2v) is 3.78. The van der Waals surface area contributed by atoms with Gasteiger partial charge in [0.05, 0.1) is 14.2 Å². The molecule has 0 amide bonds. The summed E-state index contributed by atoms with van der Waals surface area (Å²) < 4.78 is 10.4. The molecular weight excluding hydrogens is 226 g/mol. The molecule has 16 heavy (non-hydrogen) atoms. The molecule has 0 aromatic heterocycles. The monoisotopic (exact) mass is 243 g/mol. The van der Waals surface area contributed by atoms with Crippen LogP contribution in [0.5, 0.6) is 11.5 Å². The maximum atomic E-state index is 5.60. The van der Waals surface area contributed by atoms with E-state index in [4.69, 9.17) is 21.1 Å². The van der Waals surface area contributed by atoms with Crippen LogP contribution in [-0.4, -0.2) is 26.6 Å². The number of ether oxygens (including phenoxy) is 2. The summed E-state index contributed by atoms with van der Waals surface area (Å²) in [5.41, 5.74) is 1.12. The van der Waals surface area contributed by atoms with Gasteiger partial charge in [-0.1, -0.05) is 6.07 Å². The zero-order valence-corrected chi connectivity index (χ0v) is 10.5. The fourth-order valence-electron chi connectivity index (χ4n) is 1.41. The third-order valence-corrected chi connectivity index (χ3v) is 2.56. The molecule has 0 spiro atoms. The highest BCUT2D eigenvalue weighted by molar-refractivity contribution is 6.17. The van der Waals surface area contributed by atoms with E-state index in [0.717, 1.165) is 36.6 Å². The van der Waals surface area contributed by atoms with Crippen molar-refractivity contribution in [3.05, 3.63) is 23.8 Å². The molecule has 0 heterocycles. The van der Waals surface area contributed by atoms with Crippen LogP contribution >= 0.6 is 11.6 Å². The topological polar surface area (TPSA) is 30.5 Å². The molecule has 0 aliphatic rings. The van der Waals surface area contributed by atoms with E-state index < -0.39 is 0 Å². The van der Waals surface area contributed by atoms with Crippen LogP contribution in [0.4, 0.5) is 0 Å². The summed E-state index contributed by atoms with van der Waals surface area (Å²) in [4.78, 5) is 0. The summed E-state index contributed by atoms with van der Waals surface area (Å²) in [6.07, 6.45) is 0.972. The van der Waals surface area contributed by atoms with Crippen molar-refractivity contribution in [1.29, 1.82) is 0 Å². The Morgan fingerprint density at radius 3 is 2.69 bits per heavy atom. The number of rotatable bonds is 7. The van der Waals surface area contributed by atoms with E-state index in [1.165, 1.54) is 0 Å². The lowest BCUT2D eigenvalue weighted by molar-refractivity contribution is 0.390. The minimum atomic E-state index is 0.687. The normalized spacial score (nSPS) is 10.2. The molecule has 1 rings (SSSR count). The SMILES string of the molecule is COc1ccc(CNCCCCl)c(OC)c1. The fourth-order valence-corrected chi connectivity index (χ4v) is 1.55. The standard InChI is InChI=1S/C12H18ClNO2/c1-15-11-5-4-10(12(8-11)16-2)9-14-7-3-6-13/h4-5,8,14H,3,6-7,9H2,1-2H3. The van der Waals surface area contributed by atoms with Gasteiger partial charge in [0, 0.05) is 24.1 Å². The number of benzene rings is 1. The summed E-state index contributed by atoms with van der Waals surface area (Å²) in [7, 11) is 3.31. The van der Waals surface area contributed by atoms with Gasteiger partial charge in [0.15, 0.2) is 0 Å². The molecule has 0 saturated heterocycles. The highest BCUT2D eigenvalue weighted by Crippen LogP contribution is 2.24. The predicted molar refractivity (Wildman–Crippen MR) is 66.6 cm³/mol. The first-order chi connectivity index (χ1) is 7.81. The second-order valence-electron chi connectivity index (χ2n) is 3.40. The number of halogens is 1. The molecule has 0 radical (unpaired) electrons. The van der Waals surface area contributed by atoms with Gasteiger partial charge in [-0.25, -0.2) is 0 Å². The maximum absolute atomic E-state index is 5.60. The quantitative estimate of drug-likeness (QED) is 0.589. The molecular formula is C12H18ClNO2. The van der Waals surface area contributed by atoms with Gasteiger partial charge in [-0.05, 0) is 19.0 Å². The third kappa shape index (κ3) is 3.91. The van der Waals surface area contributed by atoms with Crippen molar-refractivity contribution >= 4 is 11.6 Å². The van der Waals surface area contributed by atoms with Crippen LogP contribution in [0.3, 0.4) is 0 Å². The van der Waals surface area contributed by atoms with Crippen molar-refractivity contribution < 1.29 is 9.47 Å². The third-order valence-electron chi connectivity index (χ3n) is 2.30. The molecule has 0 aliphatic carbocycles. The highest BCUT2D eigenvalue weighted by Gasteiger charge is 2.04. The molecule has 1 aromatic carbocycles. The van der Waals surface area contributed by atoms with Gasteiger partial charge in [-0.3, -0.25) is 0 Å². The van der Waals surface area contributed by atoms with Crippen LogP contribution in [0.2, 0.25) is 0 Å². The van der Waals surface area contributed by atoms with Gasteiger partial charge in [-0.2, -0.15) is 0 Å². The van der Waals surface area contributed by atoms with Crippen molar-refractivity contribution in [2.45, 2.75) is 13.0 Å². The molecule has 0 saturated carbocycles. The van der Waals surface area contributed by atoms with Gasteiger partial charge < -0.3 is 14.8 Å². The van der Waals surface area contributed by atoms with E-state index >= 15 is 0 Å². The summed E-state index contributed by atoms with van der Waals surface area (Å²) in [5.74, 6) is 2.34. The molecule has 0 fully saturated rings. The average molecular weight is 244 g/mol. The Balaban J connectivity index is 2.57. The first kappa shape index (κ1) is 13.1. The van der Waals surface area contributed by atoms with E-state index in [0.29, 0.717) is 5.88 Å². The van der Waals surface area contributed by atoms with E-state index in [9.17, 15) is 0 Å². The number of hydrogen-bond acceptors (Lipinski definition) is 3. The lowest BCUT2D eigenvalue weighted by atomic mass is 10.2. The number of nitrogens with one attached hydrogen (secondary N) is 1. The molecule has 90 valence electrons. The van der Waals surface area contributed by atoms with Gasteiger partial charge >= 0.3 is 0 Å². The van der Waals surface area contributed by atoms with Gasteiger partial charge in [-0.15, -0.1) is 11.6 Å². The lowest BCUT2D eigenvalue weighted by Crippen LogP contribution is -2.15. The lowest BCUT2D eigenvalue weighted by Gasteiger charge is -2.10. The zero-order chi connectivity index (χ0) is 11.8. The van der Waals surface area contributed by atoms with Crippen molar-refractivity contribution in [3.63, 3.8) is 0 Å². The van der Waals surface area contributed by atoms with Crippen molar-refractivity contribution in [2.75, 3.05) is 26.6 Å². The smallest absolute Gasteiger partial charge is 0.127 e. The molecule has 0 aliphatic heterocycles. The Hall–Kier alpha value is -0.930. The minimum Gasteiger partial charge on any atom is -0.497 e. The van der Waals surface area contributed by atoms with E-state index in [-0.39, 0.29) is 0 Å². The summed E-state index contributed by atoms with van der Waals surface area (Å²) in [6, 6.07) is 5.82. The maximum Gasteiger partial charge on any atom is 0.127 e. The summed E-state index contributed by atoms with van der Waals surface area (Å²) in [5, 5.41) is 3.31. The van der Waals surface area contributed by atoms with Gasteiger partial charge in [0.2, 0.25) is 0 Å². The molecule has 1 aromatic rings. The molecule has 0 unspecified atom stereocenters. The summed E-state index contributed by atoms with van der Waals surface area (Å²) >= 11 is 5.60. The highest BCUT2D eigenvalue weighted by atomic mass is 35.5. The van der Waals surface area contributed by atoms with E-state index in [1.807, 2.05) is 18.2 Å². The van der Waals surface area contributed by atoms with Crippen molar-refractivity contribution in [3.8, 4) is 11.5 Å². The molecule has 4 heteroatoms. The van der Waals surface area contributed by atoms with Crippen LogP contribution in [0.1, 0.15) is 12.0 Å². The first-order valence-electron chi connectivity index (χ1n) is 5.29. The molecule has 3 nitrogen and oxygen atoms in total. The van der Waals surface area contributed by atoms with Gasteiger partial charge in [0.25, 0.3) is 0 Å². The van der Waals surface area contributed by atoms with Crippen molar-refractivity contribution in [2.24, 2.45) is 0 Å². The van der Waals surface area contributed by atoms with Gasteiger partial charge in [0.1, 0.15) is 11.5 Å². The molecule has 0 bridgehead atoms. The molecule has 1 N–H and O–H groups in total. The first-order valence-corrected chi connectivity index (χ1v) is 5.83. The second kappa shape index (κ2) is 7.36. The van der Waals surface area contributed by atoms with Crippen LogP contribution in [-0.2, 0) is 6.54 Å². The van der Waals surface area contributed by atoms with Crippen LogP contribution in [0, 0.1) is 0 Å². The fraction of sp³-hybridized carbons (Fsp3) is 0.500. The Morgan fingerprint density at radius 1 is 1.25 bits per heavy atom. The van der Waals surface area contributed by atoms with Crippen molar-refractivity contribution in [1.82, 2.24) is 5.32 Å². The van der Waals surface area contributed by atoms with E-state index in [2.05, 4.69) is 5.32 Å². The largest absolute Gasteiger partial charge is 0.497 e. The van der Waals surface area contributed by atoms with E-state index in [1.54, 1.807) is 14.2 Å². The Labute approximate surface area is 102 Å². The Morgan fingerprint density at radius 2 is 2.06 bits per heavy atom.